The Morgan fingerprint density at radius 2 is 2.12 bits per heavy atom. The Hall–Kier alpha value is -1.79. The van der Waals surface area contributed by atoms with Gasteiger partial charge < -0.3 is 19.8 Å². The van der Waals surface area contributed by atoms with Crippen LogP contribution in [0.3, 0.4) is 0 Å². The van der Waals surface area contributed by atoms with Crippen molar-refractivity contribution in [3.05, 3.63) is 34.6 Å². The van der Waals surface area contributed by atoms with Crippen LogP contribution in [-0.2, 0) is 0 Å². The lowest BCUT2D eigenvalue weighted by atomic mass is 9.79. The number of rotatable bonds is 2. The average molecular weight is 219 g/mol. The molecule has 0 unspecified atom stereocenters. The summed E-state index contributed by atoms with van der Waals surface area (Å²) in [5.41, 5.74) is 0.582. The molecule has 0 aliphatic carbocycles. The summed E-state index contributed by atoms with van der Waals surface area (Å²) < 4.78 is 5.01. The van der Waals surface area contributed by atoms with E-state index in [0.717, 1.165) is 0 Å². The first-order valence-corrected chi connectivity index (χ1v) is 4.69. The minimum Gasteiger partial charge on any atom is -0.497 e. The van der Waals surface area contributed by atoms with Gasteiger partial charge in [-0.15, -0.1) is 0 Å². The number of benzene rings is 1. The molecule has 1 aromatic heterocycles. The fraction of sp³-hybridized carbons (Fsp3) is 0.100. The van der Waals surface area contributed by atoms with Crippen molar-refractivity contribution in [2.75, 3.05) is 7.11 Å². The highest BCUT2D eigenvalue weighted by molar-refractivity contribution is 6.60. The second kappa shape index (κ2) is 4.00. The average Bonchev–Trinajstić information content (AvgIpc) is 2.27. The van der Waals surface area contributed by atoms with Gasteiger partial charge in [0.2, 0.25) is 0 Å². The van der Waals surface area contributed by atoms with Gasteiger partial charge in [0.25, 0.3) is 0 Å². The molecule has 5 nitrogen and oxygen atoms in total. The first kappa shape index (κ1) is 10.7. The standard InChI is InChI=1S/C10H10BNO4/c1-16-10-5-8-6(4-7(10)11(14)15)9(13)2-3-12-8/h2-5,14-15H,1H3,(H,12,13). The van der Waals surface area contributed by atoms with Gasteiger partial charge in [-0.1, -0.05) is 0 Å². The molecule has 3 N–H and O–H groups in total. The van der Waals surface area contributed by atoms with Gasteiger partial charge in [0.1, 0.15) is 5.75 Å². The molecule has 0 bridgehead atoms. The van der Waals surface area contributed by atoms with Crippen molar-refractivity contribution in [2.24, 2.45) is 0 Å². The highest BCUT2D eigenvalue weighted by Crippen LogP contribution is 2.14. The molecule has 0 saturated heterocycles. The normalized spacial score (nSPS) is 10.4. The molecule has 0 amide bonds. The van der Waals surface area contributed by atoms with Crippen LogP contribution in [0.25, 0.3) is 10.9 Å². The summed E-state index contributed by atoms with van der Waals surface area (Å²) in [4.78, 5) is 14.4. The zero-order valence-electron chi connectivity index (χ0n) is 8.60. The van der Waals surface area contributed by atoms with Gasteiger partial charge in [0.05, 0.1) is 12.6 Å². The van der Waals surface area contributed by atoms with E-state index < -0.39 is 7.12 Å². The highest BCUT2D eigenvalue weighted by Gasteiger charge is 2.18. The van der Waals surface area contributed by atoms with Crippen LogP contribution in [0.1, 0.15) is 0 Å². The molecule has 16 heavy (non-hydrogen) atoms. The van der Waals surface area contributed by atoms with Gasteiger partial charge in [0.15, 0.2) is 5.43 Å². The molecule has 2 rings (SSSR count). The molecule has 6 heteroatoms. The van der Waals surface area contributed by atoms with E-state index in [9.17, 15) is 4.79 Å². The number of H-pyrrole nitrogens is 1. The minimum absolute atomic E-state index is 0.173. The number of hydrogen-bond donors (Lipinski definition) is 3. The Balaban J connectivity index is 2.81. The zero-order valence-corrected chi connectivity index (χ0v) is 8.60. The third-order valence-corrected chi connectivity index (χ3v) is 2.39. The SMILES string of the molecule is COc1cc2[nH]ccc(=O)c2cc1B(O)O. The Kier molecular flexibility index (Phi) is 2.68. The molecule has 1 heterocycles. The van der Waals surface area contributed by atoms with Gasteiger partial charge in [-0.05, 0) is 6.07 Å². The largest absolute Gasteiger partial charge is 0.497 e. The van der Waals surface area contributed by atoms with Crippen LogP contribution in [0.15, 0.2) is 29.2 Å². The maximum atomic E-state index is 11.5. The van der Waals surface area contributed by atoms with Gasteiger partial charge in [0, 0.05) is 29.2 Å². The predicted molar refractivity (Wildman–Crippen MR) is 60.9 cm³/mol. The summed E-state index contributed by atoms with van der Waals surface area (Å²) >= 11 is 0. The quantitative estimate of drug-likeness (QED) is 0.578. The third kappa shape index (κ3) is 1.68. The van der Waals surface area contributed by atoms with Crippen LogP contribution in [0.5, 0.6) is 5.75 Å². The molecule has 0 aliphatic heterocycles. The van der Waals surface area contributed by atoms with Crippen LogP contribution in [0.4, 0.5) is 0 Å². The molecule has 0 radical (unpaired) electrons. The molecule has 0 spiro atoms. The summed E-state index contributed by atoms with van der Waals surface area (Å²) in [5, 5.41) is 18.7. The molecule has 0 aliphatic rings. The van der Waals surface area contributed by atoms with Crippen molar-refractivity contribution in [3.8, 4) is 5.75 Å². The molecule has 82 valence electrons. The summed E-state index contributed by atoms with van der Waals surface area (Å²) in [6.45, 7) is 0. The lowest BCUT2D eigenvalue weighted by Crippen LogP contribution is -2.31. The van der Waals surface area contributed by atoms with Gasteiger partial charge in [-0.3, -0.25) is 4.79 Å². The van der Waals surface area contributed by atoms with E-state index in [1.54, 1.807) is 6.07 Å². The van der Waals surface area contributed by atoms with Crippen molar-refractivity contribution in [1.82, 2.24) is 4.98 Å². The van der Waals surface area contributed by atoms with E-state index in [4.69, 9.17) is 14.8 Å². The van der Waals surface area contributed by atoms with Crippen LogP contribution in [0, 0.1) is 0 Å². The number of hydrogen-bond acceptors (Lipinski definition) is 4. The lowest BCUT2D eigenvalue weighted by Gasteiger charge is -2.08. The van der Waals surface area contributed by atoms with Crippen LogP contribution in [-0.4, -0.2) is 29.3 Å². The monoisotopic (exact) mass is 219 g/mol. The number of methoxy groups -OCH3 is 1. The van der Waals surface area contributed by atoms with Gasteiger partial charge in [-0.25, -0.2) is 0 Å². The first-order valence-electron chi connectivity index (χ1n) is 4.69. The lowest BCUT2D eigenvalue weighted by molar-refractivity contribution is 0.403. The molecular formula is C10H10BNO4. The maximum Gasteiger partial charge on any atom is 0.492 e. The minimum atomic E-state index is -1.67. The fourth-order valence-electron chi connectivity index (χ4n) is 1.60. The van der Waals surface area contributed by atoms with E-state index in [1.165, 1.54) is 25.4 Å². The molecule has 1 aromatic carbocycles. The predicted octanol–water partition coefficient (Wildman–Crippen LogP) is -0.784. The molecular weight excluding hydrogens is 209 g/mol. The molecule has 0 fully saturated rings. The summed E-state index contributed by atoms with van der Waals surface area (Å²) in [6, 6.07) is 4.35. The summed E-state index contributed by atoms with van der Waals surface area (Å²) in [6.07, 6.45) is 1.53. The smallest absolute Gasteiger partial charge is 0.492 e. The Bertz CT molecular complexity index is 579. The van der Waals surface area contributed by atoms with E-state index in [2.05, 4.69) is 4.98 Å². The van der Waals surface area contributed by atoms with E-state index in [1.807, 2.05) is 0 Å². The van der Waals surface area contributed by atoms with Gasteiger partial charge in [-0.2, -0.15) is 0 Å². The van der Waals surface area contributed by atoms with E-state index in [0.29, 0.717) is 16.7 Å². The van der Waals surface area contributed by atoms with Crippen LogP contribution in [0.2, 0.25) is 0 Å². The third-order valence-electron chi connectivity index (χ3n) is 2.39. The Morgan fingerprint density at radius 3 is 2.75 bits per heavy atom. The number of aromatic amines is 1. The molecule has 2 aromatic rings. The number of aromatic nitrogens is 1. The van der Waals surface area contributed by atoms with Crippen molar-refractivity contribution in [2.45, 2.75) is 0 Å². The number of ether oxygens (including phenoxy) is 1. The number of pyridine rings is 1. The Labute approximate surface area is 91.5 Å². The molecule has 0 saturated carbocycles. The van der Waals surface area contributed by atoms with Crippen LogP contribution < -0.4 is 15.6 Å². The van der Waals surface area contributed by atoms with Crippen molar-refractivity contribution in [1.29, 1.82) is 0 Å². The van der Waals surface area contributed by atoms with Crippen molar-refractivity contribution in [3.63, 3.8) is 0 Å². The topological polar surface area (TPSA) is 82.6 Å². The maximum absolute atomic E-state index is 11.5. The first-order chi connectivity index (χ1) is 7.63. The molecule has 0 atom stereocenters. The van der Waals surface area contributed by atoms with Crippen molar-refractivity contribution < 1.29 is 14.8 Å². The summed E-state index contributed by atoms with van der Waals surface area (Å²) in [7, 11) is -0.243. The fourth-order valence-corrected chi connectivity index (χ4v) is 1.60. The number of nitrogens with one attached hydrogen (secondary N) is 1. The Morgan fingerprint density at radius 1 is 1.38 bits per heavy atom. The summed E-state index contributed by atoms with van der Waals surface area (Å²) in [5.74, 6) is 0.323. The number of fused-ring (bicyclic) bond motifs is 1. The van der Waals surface area contributed by atoms with Crippen molar-refractivity contribution >= 4 is 23.5 Å². The second-order valence-corrected chi connectivity index (χ2v) is 3.36. The highest BCUT2D eigenvalue weighted by atomic mass is 16.5. The van der Waals surface area contributed by atoms with E-state index in [-0.39, 0.29) is 10.9 Å². The van der Waals surface area contributed by atoms with Crippen LogP contribution >= 0.6 is 0 Å². The zero-order chi connectivity index (χ0) is 11.7. The van der Waals surface area contributed by atoms with Gasteiger partial charge >= 0.3 is 7.12 Å². The van der Waals surface area contributed by atoms with E-state index >= 15 is 0 Å². The second-order valence-electron chi connectivity index (χ2n) is 3.36.